The van der Waals surface area contributed by atoms with Gasteiger partial charge in [0.1, 0.15) is 0 Å². The molecule has 96 valence electrons. The molecule has 16 heavy (non-hydrogen) atoms. The highest BCUT2D eigenvalue weighted by Gasteiger charge is 2.26. The Kier molecular flexibility index (Phi) is 6.28. The monoisotopic (exact) mass is 230 g/mol. The third kappa shape index (κ3) is 4.78. The molecule has 0 unspecified atom stereocenters. The lowest BCUT2D eigenvalue weighted by atomic mass is 9.90. The van der Waals surface area contributed by atoms with Gasteiger partial charge in [-0.25, -0.2) is 0 Å². The summed E-state index contributed by atoms with van der Waals surface area (Å²) in [6.07, 6.45) is 5.22. The van der Waals surface area contributed by atoms with Crippen LogP contribution in [0, 0.1) is 0 Å². The van der Waals surface area contributed by atoms with Gasteiger partial charge in [0.2, 0.25) is 0 Å². The average Bonchev–Trinajstić information content (AvgIpc) is 2.15. The summed E-state index contributed by atoms with van der Waals surface area (Å²) in [5, 5.41) is 0. The molecule has 4 heteroatoms. The fraction of sp³-hybridized carbons (Fsp3) is 1.00. The fourth-order valence-electron chi connectivity index (χ4n) is 1.96. The average molecular weight is 230 g/mol. The summed E-state index contributed by atoms with van der Waals surface area (Å²) in [5.74, 6) is 0. The lowest BCUT2D eigenvalue weighted by Crippen LogP contribution is -2.41. The van der Waals surface area contributed by atoms with Crippen LogP contribution in [0.15, 0.2) is 0 Å². The molecular weight excluding hydrogens is 204 g/mol. The normalized spacial score (nSPS) is 36.8. The Morgan fingerprint density at radius 1 is 0.812 bits per heavy atom. The van der Waals surface area contributed by atoms with Crippen molar-refractivity contribution in [3.63, 3.8) is 0 Å². The van der Waals surface area contributed by atoms with Crippen LogP contribution in [0.25, 0.3) is 0 Å². The molecule has 0 aromatic heterocycles. The fourth-order valence-corrected chi connectivity index (χ4v) is 1.96. The highest BCUT2D eigenvalue weighted by Crippen LogP contribution is 2.21. The molecule has 2 rings (SSSR count). The SMILES string of the molecule is CCOC1CC(N)C1.CCOC1CC(N)C1. The van der Waals surface area contributed by atoms with E-state index in [9.17, 15) is 0 Å². The molecule has 2 aliphatic rings. The Morgan fingerprint density at radius 3 is 1.31 bits per heavy atom. The molecule has 0 saturated heterocycles. The van der Waals surface area contributed by atoms with Crippen molar-refractivity contribution in [2.75, 3.05) is 13.2 Å². The van der Waals surface area contributed by atoms with Crippen LogP contribution in [0.5, 0.6) is 0 Å². The molecule has 0 heterocycles. The second-order valence-corrected chi connectivity index (χ2v) is 4.62. The molecule has 2 fully saturated rings. The summed E-state index contributed by atoms with van der Waals surface area (Å²) in [4.78, 5) is 0. The first-order valence-corrected chi connectivity index (χ1v) is 6.40. The third-order valence-corrected chi connectivity index (χ3v) is 3.07. The number of rotatable bonds is 4. The van der Waals surface area contributed by atoms with Gasteiger partial charge in [-0.2, -0.15) is 0 Å². The molecule has 2 aliphatic carbocycles. The van der Waals surface area contributed by atoms with Crippen LogP contribution in [0.2, 0.25) is 0 Å². The highest BCUT2D eigenvalue weighted by molar-refractivity contribution is 4.83. The van der Waals surface area contributed by atoms with Crippen molar-refractivity contribution in [1.82, 2.24) is 0 Å². The molecule has 0 spiro atoms. The Labute approximate surface area is 98.7 Å². The summed E-state index contributed by atoms with van der Waals surface area (Å²) in [6.45, 7) is 5.70. The predicted molar refractivity (Wildman–Crippen MR) is 65.2 cm³/mol. The summed E-state index contributed by atoms with van der Waals surface area (Å²) >= 11 is 0. The highest BCUT2D eigenvalue weighted by atomic mass is 16.5. The lowest BCUT2D eigenvalue weighted by molar-refractivity contribution is -0.00145. The van der Waals surface area contributed by atoms with Gasteiger partial charge >= 0.3 is 0 Å². The zero-order chi connectivity index (χ0) is 12.0. The van der Waals surface area contributed by atoms with Crippen molar-refractivity contribution >= 4 is 0 Å². The maximum Gasteiger partial charge on any atom is 0.0604 e. The molecule has 0 aromatic carbocycles. The maximum absolute atomic E-state index is 5.52. The summed E-state index contributed by atoms with van der Waals surface area (Å²) in [7, 11) is 0. The van der Waals surface area contributed by atoms with E-state index in [1.807, 2.05) is 13.8 Å². The van der Waals surface area contributed by atoms with Gasteiger partial charge in [-0.15, -0.1) is 0 Å². The lowest BCUT2D eigenvalue weighted by Gasteiger charge is -2.31. The second kappa shape index (κ2) is 7.22. The molecule has 0 radical (unpaired) electrons. The number of hydrogen-bond acceptors (Lipinski definition) is 4. The van der Waals surface area contributed by atoms with E-state index >= 15 is 0 Å². The Morgan fingerprint density at radius 2 is 1.12 bits per heavy atom. The Balaban J connectivity index is 0.000000160. The van der Waals surface area contributed by atoms with Crippen molar-refractivity contribution in [3.05, 3.63) is 0 Å². The predicted octanol–water partition coefficient (Wildman–Crippen LogP) is 1.03. The van der Waals surface area contributed by atoms with E-state index in [4.69, 9.17) is 20.9 Å². The minimum Gasteiger partial charge on any atom is -0.378 e. The quantitative estimate of drug-likeness (QED) is 0.756. The van der Waals surface area contributed by atoms with Crippen LogP contribution >= 0.6 is 0 Å². The molecule has 0 atom stereocenters. The van der Waals surface area contributed by atoms with Gasteiger partial charge in [-0.05, 0) is 39.5 Å². The van der Waals surface area contributed by atoms with Gasteiger partial charge in [0, 0.05) is 25.3 Å². The molecule has 0 aromatic rings. The van der Waals surface area contributed by atoms with Crippen LogP contribution in [0.1, 0.15) is 39.5 Å². The van der Waals surface area contributed by atoms with E-state index in [0.29, 0.717) is 24.3 Å². The Hall–Kier alpha value is -0.160. The second-order valence-electron chi connectivity index (χ2n) is 4.62. The Bertz CT molecular complexity index is 152. The van der Waals surface area contributed by atoms with Crippen LogP contribution < -0.4 is 11.5 Å². The number of ether oxygens (including phenoxy) is 2. The van der Waals surface area contributed by atoms with Crippen molar-refractivity contribution in [2.45, 2.75) is 63.8 Å². The molecule has 0 amide bonds. The van der Waals surface area contributed by atoms with Crippen LogP contribution in [0.4, 0.5) is 0 Å². The van der Waals surface area contributed by atoms with Gasteiger partial charge in [0.15, 0.2) is 0 Å². The van der Waals surface area contributed by atoms with Gasteiger partial charge < -0.3 is 20.9 Å². The molecule has 4 nitrogen and oxygen atoms in total. The van der Waals surface area contributed by atoms with Crippen molar-refractivity contribution in [2.24, 2.45) is 11.5 Å². The number of hydrogen-bond donors (Lipinski definition) is 2. The van der Waals surface area contributed by atoms with Crippen molar-refractivity contribution in [3.8, 4) is 0 Å². The van der Waals surface area contributed by atoms with Gasteiger partial charge in [-0.3, -0.25) is 0 Å². The smallest absolute Gasteiger partial charge is 0.0604 e. The largest absolute Gasteiger partial charge is 0.378 e. The van der Waals surface area contributed by atoms with E-state index in [-0.39, 0.29) is 0 Å². The van der Waals surface area contributed by atoms with E-state index in [2.05, 4.69) is 0 Å². The first-order chi connectivity index (χ1) is 7.65. The van der Waals surface area contributed by atoms with E-state index < -0.39 is 0 Å². The standard InChI is InChI=1S/2C6H13NO/c2*1-2-8-6-3-5(7)4-6/h2*5-6H,2-4,7H2,1H3. The van der Waals surface area contributed by atoms with Gasteiger partial charge in [0.05, 0.1) is 12.2 Å². The van der Waals surface area contributed by atoms with Crippen LogP contribution in [-0.2, 0) is 9.47 Å². The summed E-state index contributed by atoms with van der Waals surface area (Å²) in [6, 6.07) is 0.845. The minimum absolute atomic E-state index is 0.423. The maximum atomic E-state index is 5.52. The zero-order valence-electron chi connectivity index (χ0n) is 10.5. The first kappa shape index (κ1) is 13.9. The van der Waals surface area contributed by atoms with Gasteiger partial charge in [-0.1, -0.05) is 0 Å². The summed E-state index contributed by atoms with van der Waals surface area (Å²) in [5.41, 5.74) is 11.0. The van der Waals surface area contributed by atoms with Crippen molar-refractivity contribution < 1.29 is 9.47 Å². The van der Waals surface area contributed by atoms with Crippen LogP contribution in [-0.4, -0.2) is 37.5 Å². The van der Waals surface area contributed by atoms with E-state index in [0.717, 1.165) is 38.9 Å². The van der Waals surface area contributed by atoms with Gasteiger partial charge in [0.25, 0.3) is 0 Å². The first-order valence-electron chi connectivity index (χ1n) is 6.40. The molecule has 0 bridgehead atoms. The van der Waals surface area contributed by atoms with Crippen LogP contribution in [0.3, 0.4) is 0 Å². The van der Waals surface area contributed by atoms with E-state index in [1.165, 1.54) is 0 Å². The molecule has 2 saturated carbocycles. The number of nitrogens with two attached hydrogens (primary N) is 2. The topological polar surface area (TPSA) is 70.5 Å². The molecule has 4 N–H and O–H groups in total. The minimum atomic E-state index is 0.423. The molecule has 0 aliphatic heterocycles. The third-order valence-electron chi connectivity index (χ3n) is 3.07. The summed E-state index contributed by atoms with van der Waals surface area (Å²) < 4.78 is 10.5. The van der Waals surface area contributed by atoms with Crippen molar-refractivity contribution in [1.29, 1.82) is 0 Å². The zero-order valence-corrected chi connectivity index (χ0v) is 10.5. The molecular formula is C12H26N2O2. The van der Waals surface area contributed by atoms with E-state index in [1.54, 1.807) is 0 Å².